The molecule has 0 spiro atoms. The van der Waals surface area contributed by atoms with Crippen molar-refractivity contribution in [3.63, 3.8) is 0 Å². The number of anilines is 1. The SMILES string of the molecule is C=CCN/C=C(/C#N)C(=O)Nc1ccccc1[N+](=O)[O-]. The fourth-order valence-corrected chi connectivity index (χ4v) is 1.32. The molecule has 102 valence electrons. The molecule has 0 fully saturated rings. The number of nitro groups is 1. The van der Waals surface area contributed by atoms with E-state index in [1.54, 1.807) is 18.2 Å². The van der Waals surface area contributed by atoms with E-state index in [4.69, 9.17) is 5.26 Å². The van der Waals surface area contributed by atoms with E-state index >= 15 is 0 Å². The molecule has 0 aliphatic carbocycles. The number of rotatable bonds is 6. The largest absolute Gasteiger partial charge is 0.386 e. The summed E-state index contributed by atoms with van der Waals surface area (Å²) < 4.78 is 0. The van der Waals surface area contributed by atoms with Crippen molar-refractivity contribution in [3.8, 4) is 6.07 Å². The number of nitrogens with zero attached hydrogens (tertiary/aromatic N) is 2. The first-order chi connectivity index (χ1) is 9.60. The van der Waals surface area contributed by atoms with E-state index in [1.807, 2.05) is 0 Å². The fraction of sp³-hybridized carbons (Fsp3) is 0.0769. The van der Waals surface area contributed by atoms with E-state index < -0.39 is 10.8 Å². The minimum atomic E-state index is -0.724. The highest BCUT2D eigenvalue weighted by Crippen LogP contribution is 2.23. The minimum Gasteiger partial charge on any atom is -0.386 e. The van der Waals surface area contributed by atoms with Gasteiger partial charge in [-0.05, 0) is 6.07 Å². The maximum absolute atomic E-state index is 11.8. The third-order valence-corrected chi connectivity index (χ3v) is 2.22. The lowest BCUT2D eigenvalue weighted by Crippen LogP contribution is -2.17. The lowest BCUT2D eigenvalue weighted by atomic mass is 10.2. The average molecular weight is 272 g/mol. The summed E-state index contributed by atoms with van der Waals surface area (Å²) >= 11 is 0. The first-order valence-electron chi connectivity index (χ1n) is 5.59. The van der Waals surface area contributed by atoms with E-state index in [9.17, 15) is 14.9 Å². The standard InChI is InChI=1S/C13H12N4O3/c1-2-7-15-9-10(8-14)13(18)16-11-5-3-4-6-12(11)17(19)20/h2-6,9,15H,1,7H2,(H,16,18)/b10-9-. The molecule has 2 N–H and O–H groups in total. The van der Waals surface area contributed by atoms with E-state index in [1.165, 1.54) is 24.4 Å². The first-order valence-corrected chi connectivity index (χ1v) is 5.59. The van der Waals surface area contributed by atoms with Crippen LogP contribution in [0.2, 0.25) is 0 Å². The molecule has 20 heavy (non-hydrogen) atoms. The number of carbonyl (C=O) groups is 1. The third-order valence-electron chi connectivity index (χ3n) is 2.22. The molecular weight excluding hydrogens is 260 g/mol. The molecule has 0 heterocycles. The number of nitrogens with one attached hydrogen (secondary N) is 2. The van der Waals surface area contributed by atoms with Gasteiger partial charge in [-0.25, -0.2) is 0 Å². The van der Waals surface area contributed by atoms with Crippen LogP contribution >= 0.6 is 0 Å². The van der Waals surface area contributed by atoms with Gasteiger partial charge in [0.05, 0.1) is 4.92 Å². The summed E-state index contributed by atoms with van der Waals surface area (Å²) in [5.74, 6) is -0.724. The smallest absolute Gasteiger partial charge is 0.292 e. The van der Waals surface area contributed by atoms with Gasteiger partial charge in [0.1, 0.15) is 17.3 Å². The second kappa shape index (κ2) is 7.33. The van der Waals surface area contributed by atoms with Crippen molar-refractivity contribution >= 4 is 17.3 Å². The summed E-state index contributed by atoms with van der Waals surface area (Å²) in [7, 11) is 0. The molecule has 0 saturated heterocycles. The fourth-order valence-electron chi connectivity index (χ4n) is 1.32. The predicted molar refractivity (Wildman–Crippen MR) is 73.6 cm³/mol. The van der Waals surface area contributed by atoms with Gasteiger partial charge < -0.3 is 10.6 Å². The van der Waals surface area contributed by atoms with Gasteiger partial charge in [0.15, 0.2) is 0 Å². The number of hydrogen-bond donors (Lipinski definition) is 2. The van der Waals surface area contributed by atoms with Crippen LogP contribution in [0.5, 0.6) is 0 Å². The molecule has 0 aromatic heterocycles. The van der Waals surface area contributed by atoms with Crippen LogP contribution in [0.3, 0.4) is 0 Å². The third kappa shape index (κ3) is 3.96. The molecule has 0 unspecified atom stereocenters. The molecule has 7 heteroatoms. The Morgan fingerprint density at radius 2 is 2.20 bits per heavy atom. The molecule has 0 saturated carbocycles. The molecular formula is C13H12N4O3. The average Bonchev–Trinajstić information content (AvgIpc) is 2.44. The van der Waals surface area contributed by atoms with Crippen molar-refractivity contribution in [2.45, 2.75) is 0 Å². The van der Waals surface area contributed by atoms with Crippen molar-refractivity contribution in [1.82, 2.24) is 5.32 Å². The van der Waals surface area contributed by atoms with E-state index in [0.29, 0.717) is 6.54 Å². The van der Waals surface area contributed by atoms with Crippen molar-refractivity contribution < 1.29 is 9.72 Å². The summed E-state index contributed by atoms with van der Waals surface area (Å²) in [4.78, 5) is 22.0. The van der Waals surface area contributed by atoms with Crippen LogP contribution in [0, 0.1) is 21.4 Å². The predicted octanol–water partition coefficient (Wildman–Crippen LogP) is 1.72. The summed E-state index contributed by atoms with van der Waals surface area (Å²) in [6.45, 7) is 3.87. The van der Waals surface area contributed by atoms with E-state index in [-0.39, 0.29) is 16.9 Å². The maximum Gasteiger partial charge on any atom is 0.292 e. The Morgan fingerprint density at radius 3 is 2.80 bits per heavy atom. The first kappa shape index (κ1) is 14.9. The molecule has 0 radical (unpaired) electrons. The number of carbonyl (C=O) groups excluding carboxylic acids is 1. The Hall–Kier alpha value is -3.14. The molecule has 1 amide bonds. The summed E-state index contributed by atoms with van der Waals surface area (Å²) in [6, 6.07) is 7.40. The molecule has 1 aromatic carbocycles. The zero-order chi connectivity index (χ0) is 15.0. The van der Waals surface area contributed by atoms with Crippen LogP contribution in [0.15, 0.2) is 48.7 Å². The van der Waals surface area contributed by atoms with Gasteiger partial charge in [0.25, 0.3) is 11.6 Å². The molecule has 0 atom stereocenters. The zero-order valence-electron chi connectivity index (χ0n) is 10.5. The molecule has 0 aliphatic rings. The highest BCUT2D eigenvalue weighted by atomic mass is 16.6. The minimum absolute atomic E-state index is 0.0346. The molecule has 7 nitrogen and oxygen atoms in total. The molecule has 0 bridgehead atoms. The molecule has 1 rings (SSSR count). The van der Waals surface area contributed by atoms with Crippen molar-refractivity contribution in [3.05, 3.63) is 58.8 Å². The summed E-state index contributed by atoms with van der Waals surface area (Å²) in [5, 5.41) is 24.7. The lowest BCUT2D eigenvalue weighted by Gasteiger charge is -2.05. The van der Waals surface area contributed by atoms with Gasteiger partial charge in [-0.15, -0.1) is 6.58 Å². The van der Waals surface area contributed by atoms with Gasteiger partial charge in [-0.1, -0.05) is 18.2 Å². The Balaban J connectivity index is 2.90. The highest BCUT2D eigenvalue weighted by molar-refractivity contribution is 6.07. The Morgan fingerprint density at radius 1 is 1.50 bits per heavy atom. The summed E-state index contributed by atoms with van der Waals surface area (Å²) in [5.41, 5.74) is -0.394. The number of hydrogen-bond acceptors (Lipinski definition) is 5. The second-order valence-electron chi connectivity index (χ2n) is 3.60. The normalized spacial score (nSPS) is 10.2. The van der Waals surface area contributed by atoms with Gasteiger partial charge in [-0.3, -0.25) is 14.9 Å². The van der Waals surface area contributed by atoms with Crippen LogP contribution in [0.4, 0.5) is 11.4 Å². The van der Waals surface area contributed by atoms with Gasteiger partial charge in [0.2, 0.25) is 0 Å². The maximum atomic E-state index is 11.8. The van der Waals surface area contributed by atoms with Gasteiger partial charge >= 0.3 is 0 Å². The number of amides is 1. The van der Waals surface area contributed by atoms with Gasteiger partial charge in [0, 0.05) is 18.8 Å². The Bertz CT molecular complexity index is 602. The topological polar surface area (TPSA) is 108 Å². The van der Waals surface area contributed by atoms with E-state index in [2.05, 4.69) is 17.2 Å². The van der Waals surface area contributed by atoms with Crippen LogP contribution in [0.25, 0.3) is 0 Å². The van der Waals surface area contributed by atoms with Crippen LogP contribution in [0.1, 0.15) is 0 Å². The zero-order valence-corrected chi connectivity index (χ0v) is 10.5. The lowest BCUT2D eigenvalue weighted by molar-refractivity contribution is -0.383. The van der Waals surface area contributed by atoms with Crippen molar-refractivity contribution in [1.29, 1.82) is 5.26 Å². The van der Waals surface area contributed by atoms with Crippen molar-refractivity contribution in [2.75, 3.05) is 11.9 Å². The Kier molecular flexibility index (Phi) is 5.47. The van der Waals surface area contributed by atoms with Crippen LogP contribution < -0.4 is 10.6 Å². The van der Waals surface area contributed by atoms with Crippen LogP contribution in [-0.4, -0.2) is 17.4 Å². The van der Waals surface area contributed by atoms with E-state index in [0.717, 1.165) is 0 Å². The quantitative estimate of drug-likeness (QED) is 0.205. The number of nitriles is 1. The second-order valence-corrected chi connectivity index (χ2v) is 3.60. The Labute approximate surface area is 115 Å². The van der Waals surface area contributed by atoms with Gasteiger partial charge in [-0.2, -0.15) is 5.26 Å². The molecule has 1 aromatic rings. The number of benzene rings is 1. The van der Waals surface area contributed by atoms with Crippen molar-refractivity contribution in [2.24, 2.45) is 0 Å². The monoisotopic (exact) mass is 272 g/mol. The number of para-hydroxylation sites is 2. The summed E-state index contributed by atoms with van der Waals surface area (Å²) in [6.07, 6.45) is 2.79. The highest BCUT2D eigenvalue weighted by Gasteiger charge is 2.16. The molecule has 0 aliphatic heterocycles. The number of nitro benzene ring substituents is 1. The van der Waals surface area contributed by atoms with Crippen LogP contribution in [-0.2, 0) is 4.79 Å².